The molecule has 27 heavy (non-hydrogen) atoms. The monoisotopic (exact) mass is 381 g/mol. The Morgan fingerprint density at radius 3 is 2.70 bits per heavy atom. The molecule has 0 bridgehead atoms. The largest absolute Gasteiger partial charge is 0.466 e. The van der Waals surface area contributed by atoms with Gasteiger partial charge >= 0.3 is 5.97 Å². The fourth-order valence-electron chi connectivity index (χ4n) is 4.23. The summed E-state index contributed by atoms with van der Waals surface area (Å²) >= 11 is 1.88. The molecule has 142 valence electrons. The summed E-state index contributed by atoms with van der Waals surface area (Å²) in [6.07, 6.45) is 4.78. The predicted molar refractivity (Wildman–Crippen MR) is 111 cm³/mol. The van der Waals surface area contributed by atoms with E-state index in [4.69, 9.17) is 4.74 Å². The van der Waals surface area contributed by atoms with Gasteiger partial charge < -0.3 is 9.64 Å². The van der Waals surface area contributed by atoms with E-state index in [1.165, 1.54) is 27.1 Å². The number of fused-ring (bicyclic) bond motifs is 2. The minimum atomic E-state index is -0.143. The molecule has 2 aliphatic rings. The molecule has 2 heterocycles. The first-order valence-corrected chi connectivity index (χ1v) is 10.8. The molecule has 1 aliphatic carbocycles. The van der Waals surface area contributed by atoms with Crippen LogP contribution >= 0.6 is 11.3 Å². The van der Waals surface area contributed by atoms with Crippen LogP contribution in [0.25, 0.3) is 5.57 Å². The highest BCUT2D eigenvalue weighted by atomic mass is 32.1. The Hall–Kier alpha value is -1.91. The van der Waals surface area contributed by atoms with E-state index in [2.05, 4.69) is 41.6 Å². The fourth-order valence-corrected chi connectivity index (χ4v) is 5.12. The van der Waals surface area contributed by atoms with E-state index in [0.717, 1.165) is 44.3 Å². The molecule has 0 spiro atoms. The van der Waals surface area contributed by atoms with Crippen molar-refractivity contribution in [2.24, 2.45) is 0 Å². The Morgan fingerprint density at radius 2 is 1.93 bits per heavy atom. The van der Waals surface area contributed by atoms with E-state index in [9.17, 15) is 4.79 Å². The molecule has 0 saturated carbocycles. The molecule has 4 rings (SSSR count). The third-order valence-electron chi connectivity index (χ3n) is 5.68. The maximum Gasteiger partial charge on any atom is 0.310 e. The second kappa shape index (κ2) is 7.99. The van der Waals surface area contributed by atoms with E-state index in [-0.39, 0.29) is 5.97 Å². The van der Waals surface area contributed by atoms with Crippen molar-refractivity contribution < 1.29 is 9.53 Å². The van der Waals surface area contributed by atoms with Gasteiger partial charge in [0.1, 0.15) is 0 Å². The lowest BCUT2D eigenvalue weighted by molar-refractivity contribution is -0.142. The van der Waals surface area contributed by atoms with Crippen molar-refractivity contribution in [1.29, 1.82) is 0 Å². The number of ether oxygens (including phenoxy) is 1. The molecule has 0 N–H and O–H groups in total. The summed E-state index contributed by atoms with van der Waals surface area (Å²) in [5.74, 6) is -0.143. The van der Waals surface area contributed by atoms with Gasteiger partial charge in [-0.25, -0.2) is 0 Å². The van der Waals surface area contributed by atoms with Crippen LogP contribution < -0.4 is 0 Å². The molecule has 2 aromatic rings. The third-order valence-corrected chi connectivity index (χ3v) is 6.66. The molecular formula is C23H27NO2S. The van der Waals surface area contributed by atoms with Gasteiger partial charge in [0.15, 0.2) is 0 Å². The Labute approximate surface area is 165 Å². The van der Waals surface area contributed by atoms with Gasteiger partial charge in [0.05, 0.1) is 13.0 Å². The maximum absolute atomic E-state index is 12.0. The molecule has 1 aromatic carbocycles. The smallest absolute Gasteiger partial charge is 0.310 e. The van der Waals surface area contributed by atoms with E-state index < -0.39 is 0 Å². The Bertz CT molecular complexity index is 870. The molecule has 1 fully saturated rings. The van der Waals surface area contributed by atoms with Crippen LogP contribution in [0.3, 0.4) is 0 Å². The Morgan fingerprint density at radius 1 is 1.11 bits per heavy atom. The van der Waals surface area contributed by atoms with Crippen LogP contribution in [0.2, 0.25) is 0 Å². The zero-order valence-corrected chi connectivity index (χ0v) is 17.0. The van der Waals surface area contributed by atoms with Crippen LogP contribution in [0.4, 0.5) is 0 Å². The van der Waals surface area contributed by atoms with Crippen molar-refractivity contribution >= 4 is 22.9 Å². The SMILES string of the molecule is CCOC(=O)Cc1ccc2c(c1)C(=C1CCN(C)CC1)c1ccsc1CC2. The number of likely N-dealkylation sites (tertiary alicyclic amines) is 1. The second-order valence-corrected chi connectivity index (χ2v) is 8.51. The number of nitrogens with zero attached hydrogens (tertiary/aromatic N) is 1. The van der Waals surface area contributed by atoms with Crippen molar-refractivity contribution in [2.75, 3.05) is 26.7 Å². The predicted octanol–water partition coefficient (Wildman–Crippen LogP) is 4.48. The minimum absolute atomic E-state index is 0.143. The highest BCUT2D eigenvalue weighted by Crippen LogP contribution is 2.40. The fraction of sp³-hybridized carbons (Fsp3) is 0.435. The van der Waals surface area contributed by atoms with Crippen molar-refractivity contribution in [1.82, 2.24) is 4.90 Å². The molecule has 1 saturated heterocycles. The van der Waals surface area contributed by atoms with E-state index >= 15 is 0 Å². The summed E-state index contributed by atoms with van der Waals surface area (Å²) in [6.45, 7) is 4.53. The first-order chi connectivity index (χ1) is 13.2. The number of hydrogen-bond acceptors (Lipinski definition) is 4. The number of rotatable bonds is 3. The van der Waals surface area contributed by atoms with Gasteiger partial charge in [-0.2, -0.15) is 0 Å². The number of carbonyl (C=O) groups excluding carboxylic acids is 1. The lowest BCUT2D eigenvalue weighted by Crippen LogP contribution is -2.27. The number of benzene rings is 1. The van der Waals surface area contributed by atoms with E-state index in [1.807, 2.05) is 18.3 Å². The Balaban J connectivity index is 1.79. The number of thiophene rings is 1. The molecule has 4 heteroatoms. The maximum atomic E-state index is 12.0. The topological polar surface area (TPSA) is 29.5 Å². The average molecular weight is 382 g/mol. The second-order valence-electron chi connectivity index (χ2n) is 7.51. The van der Waals surface area contributed by atoms with Crippen LogP contribution in [0.15, 0.2) is 35.2 Å². The molecule has 0 atom stereocenters. The van der Waals surface area contributed by atoms with Crippen LogP contribution in [0.5, 0.6) is 0 Å². The lowest BCUT2D eigenvalue weighted by Gasteiger charge is -2.27. The zero-order chi connectivity index (χ0) is 18.8. The minimum Gasteiger partial charge on any atom is -0.466 e. The van der Waals surface area contributed by atoms with Crippen LogP contribution in [0.1, 0.15) is 46.9 Å². The molecule has 0 radical (unpaired) electrons. The first-order valence-electron chi connectivity index (χ1n) is 9.90. The summed E-state index contributed by atoms with van der Waals surface area (Å²) in [7, 11) is 2.20. The molecule has 0 amide bonds. The molecular weight excluding hydrogens is 354 g/mol. The van der Waals surface area contributed by atoms with Gasteiger partial charge in [-0.3, -0.25) is 4.79 Å². The highest BCUT2D eigenvalue weighted by molar-refractivity contribution is 7.10. The summed E-state index contributed by atoms with van der Waals surface area (Å²) in [5, 5.41) is 2.23. The zero-order valence-electron chi connectivity index (χ0n) is 16.2. The number of piperidine rings is 1. The van der Waals surface area contributed by atoms with Gasteiger partial charge in [0.2, 0.25) is 0 Å². The van der Waals surface area contributed by atoms with E-state index in [1.54, 1.807) is 5.57 Å². The van der Waals surface area contributed by atoms with Gasteiger partial charge in [0, 0.05) is 18.0 Å². The normalized spacial score (nSPS) is 17.3. The van der Waals surface area contributed by atoms with Gasteiger partial charge in [0.25, 0.3) is 0 Å². The standard InChI is InChI=1S/C23H27NO2S/c1-3-26-22(25)15-16-4-5-17-6-7-21-19(10-13-27-21)23(20(17)14-16)18-8-11-24(2)12-9-18/h4-5,10,13-14H,3,6-9,11-12,15H2,1-2H3. The first kappa shape index (κ1) is 18.5. The Kier molecular flexibility index (Phi) is 5.46. The summed E-state index contributed by atoms with van der Waals surface area (Å²) in [4.78, 5) is 15.9. The number of aryl methyl sites for hydroxylation is 2. The van der Waals surface area contributed by atoms with E-state index in [0.29, 0.717) is 13.0 Å². The number of carbonyl (C=O) groups is 1. The summed E-state index contributed by atoms with van der Waals surface area (Å²) in [5.41, 5.74) is 8.24. The number of hydrogen-bond donors (Lipinski definition) is 0. The van der Waals surface area contributed by atoms with Crippen molar-refractivity contribution in [3.8, 4) is 0 Å². The quantitative estimate of drug-likeness (QED) is 0.734. The van der Waals surface area contributed by atoms with Crippen LogP contribution in [-0.2, 0) is 28.8 Å². The lowest BCUT2D eigenvalue weighted by atomic mass is 9.86. The molecule has 1 aromatic heterocycles. The van der Waals surface area contributed by atoms with Crippen molar-refractivity contribution in [3.05, 3.63) is 62.3 Å². The van der Waals surface area contributed by atoms with Gasteiger partial charge in [-0.05, 0) is 78.9 Å². The average Bonchev–Trinajstić information content (AvgIpc) is 3.05. The number of esters is 1. The molecule has 0 unspecified atom stereocenters. The summed E-state index contributed by atoms with van der Waals surface area (Å²) < 4.78 is 5.16. The van der Waals surface area contributed by atoms with Crippen LogP contribution in [0, 0.1) is 0 Å². The van der Waals surface area contributed by atoms with Gasteiger partial charge in [-0.15, -0.1) is 11.3 Å². The summed E-state index contributed by atoms with van der Waals surface area (Å²) in [6, 6.07) is 8.88. The molecule has 1 aliphatic heterocycles. The van der Waals surface area contributed by atoms with Gasteiger partial charge in [-0.1, -0.05) is 23.8 Å². The van der Waals surface area contributed by atoms with Crippen molar-refractivity contribution in [3.63, 3.8) is 0 Å². The third kappa shape index (κ3) is 3.87. The molecule has 3 nitrogen and oxygen atoms in total. The highest BCUT2D eigenvalue weighted by Gasteiger charge is 2.24. The van der Waals surface area contributed by atoms with Crippen LogP contribution in [-0.4, -0.2) is 37.6 Å². The van der Waals surface area contributed by atoms with Crippen molar-refractivity contribution in [2.45, 2.75) is 39.0 Å².